The van der Waals surface area contributed by atoms with E-state index in [1.54, 1.807) is 0 Å². The molecule has 0 bridgehead atoms. The number of hydrogen-bond acceptors (Lipinski definition) is 3. The number of alkyl halides is 3. The predicted octanol–water partition coefficient (Wildman–Crippen LogP) is 3.10. The lowest BCUT2D eigenvalue weighted by atomic mass is 9.99. The van der Waals surface area contributed by atoms with Crippen molar-refractivity contribution in [2.24, 2.45) is 0 Å². The molecule has 1 fully saturated rings. The zero-order valence-electron chi connectivity index (χ0n) is 11.0. The summed E-state index contributed by atoms with van der Waals surface area (Å²) < 4.78 is 57.5. The maximum atomic E-state index is 10.7. The first kappa shape index (κ1) is 18.7. The fourth-order valence-electron chi connectivity index (χ4n) is 1.81. The van der Waals surface area contributed by atoms with Crippen molar-refractivity contribution >= 4 is 10.1 Å². The van der Waals surface area contributed by atoms with Gasteiger partial charge in [-0.1, -0.05) is 32.6 Å². The highest BCUT2D eigenvalue weighted by Gasteiger charge is 2.44. The molecule has 1 unspecified atom stereocenters. The van der Waals surface area contributed by atoms with Gasteiger partial charge >= 0.3 is 15.6 Å². The van der Waals surface area contributed by atoms with Crippen LogP contribution in [0.5, 0.6) is 0 Å². The van der Waals surface area contributed by atoms with Gasteiger partial charge in [-0.2, -0.15) is 21.6 Å². The van der Waals surface area contributed by atoms with E-state index >= 15 is 0 Å². The van der Waals surface area contributed by atoms with Crippen LogP contribution in [0.2, 0.25) is 0 Å². The van der Waals surface area contributed by atoms with Gasteiger partial charge in [0.05, 0.1) is 0 Å². The summed E-state index contributed by atoms with van der Waals surface area (Å²) >= 11 is 0. The van der Waals surface area contributed by atoms with E-state index < -0.39 is 15.6 Å². The van der Waals surface area contributed by atoms with Gasteiger partial charge in [0.25, 0.3) is 0 Å². The minimum absolute atomic E-state index is 0.857. The van der Waals surface area contributed by atoms with Crippen molar-refractivity contribution in [1.82, 2.24) is 5.32 Å². The van der Waals surface area contributed by atoms with E-state index in [1.807, 2.05) is 0 Å². The molecule has 1 rings (SSSR count). The highest BCUT2D eigenvalue weighted by molar-refractivity contribution is 7.86. The molecule has 0 aromatic heterocycles. The summed E-state index contributed by atoms with van der Waals surface area (Å²) in [5, 5.41) is 3.58. The van der Waals surface area contributed by atoms with Crippen LogP contribution in [0.1, 0.15) is 51.9 Å². The third kappa shape index (κ3) is 9.23. The Morgan fingerprint density at radius 1 is 1.26 bits per heavy atom. The van der Waals surface area contributed by atoms with Crippen molar-refractivity contribution < 1.29 is 26.1 Å². The molecule has 0 radical (unpaired) electrons. The fourth-order valence-corrected chi connectivity index (χ4v) is 1.81. The van der Waals surface area contributed by atoms with Gasteiger partial charge in [-0.3, -0.25) is 4.55 Å². The number of nitrogens with one attached hydrogen (secondary N) is 1. The average molecular weight is 305 g/mol. The Bertz CT molecular complexity index is 325. The molecule has 0 spiro atoms. The second kappa shape index (κ2) is 8.76. The van der Waals surface area contributed by atoms with Crippen molar-refractivity contribution in [2.75, 3.05) is 6.54 Å². The summed E-state index contributed by atoms with van der Waals surface area (Å²) in [5.41, 5.74) is -5.53. The third-order valence-corrected chi connectivity index (χ3v) is 3.45. The molecule has 0 amide bonds. The molecule has 1 atom stereocenters. The van der Waals surface area contributed by atoms with Crippen LogP contribution in [-0.4, -0.2) is 31.1 Å². The Hall–Kier alpha value is -0.340. The number of unbranched alkanes of at least 4 members (excludes halogenated alkanes) is 2. The highest BCUT2D eigenvalue weighted by atomic mass is 32.2. The van der Waals surface area contributed by atoms with Crippen LogP contribution < -0.4 is 5.32 Å². The van der Waals surface area contributed by atoms with Crippen molar-refractivity contribution in [3.8, 4) is 0 Å². The zero-order valence-corrected chi connectivity index (χ0v) is 11.9. The largest absolute Gasteiger partial charge is 0.522 e. The molecule has 116 valence electrons. The van der Waals surface area contributed by atoms with E-state index in [2.05, 4.69) is 12.2 Å². The van der Waals surface area contributed by atoms with Crippen molar-refractivity contribution in [3.05, 3.63) is 0 Å². The molecule has 4 nitrogen and oxygen atoms in total. The quantitative estimate of drug-likeness (QED) is 0.476. The lowest BCUT2D eigenvalue weighted by molar-refractivity contribution is -0.0510. The van der Waals surface area contributed by atoms with Crippen LogP contribution in [0.25, 0.3) is 0 Å². The van der Waals surface area contributed by atoms with Gasteiger partial charge in [0.1, 0.15) is 0 Å². The topological polar surface area (TPSA) is 66.4 Å². The molecule has 0 aliphatic carbocycles. The first-order valence-electron chi connectivity index (χ1n) is 6.45. The normalized spacial score (nSPS) is 20.6. The second-order valence-electron chi connectivity index (χ2n) is 4.56. The standard InChI is InChI=1S/C10H21N.CHF3O3S/c1-2-3-4-7-10-8-5-6-9-11-10;2-1(3,4)8(5,6)7/h10-11H,2-9H2,1H3;(H,5,6,7). The lowest BCUT2D eigenvalue weighted by Gasteiger charge is -2.23. The van der Waals surface area contributed by atoms with Gasteiger partial charge < -0.3 is 5.32 Å². The molecule has 8 heteroatoms. The van der Waals surface area contributed by atoms with Gasteiger partial charge in [0.15, 0.2) is 0 Å². The van der Waals surface area contributed by atoms with Crippen molar-refractivity contribution in [2.45, 2.75) is 63.4 Å². The Labute approximate surface area is 112 Å². The van der Waals surface area contributed by atoms with Crippen LogP contribution in [0.15, 0.2) is 0 Å². The Morgan fingerprint density at radius 2 is 1.84 bits per heavy atom. The molecule has 2 N–H and O–H groups in total. The summed E-state index contributed by atoms with van der Waals surface area (Å²) in [7, 11) is -5.84. The molecule has 0 saturated carbocycles. The monoisotopic (exact) mass is 305 g/mol. The summed E-state index contributed by atoms with van der Waals surface area (Å²) in [6, 6.07) is 0.857. The summed E-state index contributed by atoms with van der Waals surface area (Å²) in [6.45, 7) is 3.53. The highest BCUT2D eigenvalue weighted by Crippen LogP contribution is 2.20. The number of halogens is 3. The summed E-state index contributed by atoms with van der Waals surface area (Å²) in [4.78, 5) is 0. The molecule has 19 heavy (non-hydrogen) atoms. The molecule has 1 saturated heterocycles. The molecular formula is C11H22F3NO3S. The van der Waals surface area contributed by atoms with Gasteiger partial charge in [-0.05, 0) is 25.8 Å². The lowest BCUT2D eigenvalue weighted by Crippen LogP contribution is -2.33. The molecule has 1 aliphatic rings. The van der Waals surface area contributed by atoms with Gasteiger partial charge in [-0.25, -0.2) is 0 Å². The number of piperidine rings is 1. The second-order valence-corrected chi connectivity index (χ2v) is 5.98. The van der Waals surface area contributed by atoms with E-state index in [1.165, 1.54) is 51.5 Å². The smallest absolute Gasteiger partial charge is 0.314 e. The molecule has 1 heterocycles. The maximum absolute atomic E-state index is 10.7. The molecule has 1 aliphatic heterocycles. The van der Waals surface area contributed by atoms with Crippen LogP contribution in [-0.2, 0) is 10.1 Å². The van der Waals surface area contributed by atoms with Gasteiger partial charge in [0, 0.05) is 6.04 Å². The SMILES string of the molecule is CCCCCC1CCCCN1.O=S(=O)(O)C(F)(F)F. The van der Waals surface area contributed by atoms with Crippen LogP contribution in [0, 0.1) is 0 Å². The number of rotatable bonds is 4. The summed E-state index contributed by atoms with van der Waals surface area (Å²) in [6.07, 6.45) is 9.87. The average Bonchev–Trinajstić information content (AvgIpc) is 2.29. The first-order chi connectivity index (χ1) is 8.68. The molecule has 0 aromatic rings. The van der Waals surface area contributed by atoms with E-state index in [9.17, 15) is 13.2 Å². The van der Waals surface area contributed by atoms with Crippen molar-refractivity contribution in [3.63, 3.8) is 0 Å². The van der Waals surface area contributed by atoms with Crippen LogP contribution in [0.3, 0.4) is 0 Å². The van der Waals surface area contributed by atoms with E-state index in [0.29, 0.717) is 0 Å². The summed E-state index contributed by atoms with van der Waals surface area (Å²) in [5.74, 6) is 0. The fraction of sp³-hybridized carbons (Fsp3) is 1.00. The van der Waals surface area contributed by atoms with Gasteiger partial charge in [0.2, 0.25) is 0 Å². The van der Waals surface area contributed by atoms with E-state index in [0.717, 1.165) is 6.04 Å². The van der Waals surface area contributed by atoms with Crippen molar-refractivity contribution in [1.29, 1.82) is 0 Å². The van der Waals surface area contributed by atoms with E-state index in [4.69, 9.17) is 13.0 Å². The Balaban J connectivity index is 0.000000362. The Kier molecular flexibility index (Phi) is 8.60. The van der Waals surface area contributed by atoms with Crippen LogP contribution in [0.4, 0.5) is 13.2 Å². The predicted molar refractivity (Wildman–Crippen MR) is 67.4 cm³/mol. The maximum Gasteiger partial charge on any atom is 0.522 e. The van der Waals surface area contributed by atoms with E-state index in [-0.39, 0.29) is 0 Å². The van der Waals surface area contributed by atoms with Gasteiger partial charge in [-0.15, -0.1) is 0 Å². The first-order valence-corrected chi connectivity index (χ1v) is 7.89. The molecule has 0 aromatic carbocycles. The number of hydrogen-bond donors (Lipinski definition) is 2. The zero-order chi connectivity index (χ0) is 14.9. The minimum Gasteiger partial charge on any atom is -0.314 e. The third-order valence-electron chi connectivity index (χ3n) is 2.86. The minimum atomic E-state index is -5.84. The Morgan fingerprint density at radius 3 is 2.21 bits per heavy atom. The molecular weight excluding hydrogens is 283 g/mol. The van der Waals surface area contributed by atoms with Crippen LogP contribution >= 0.6 is 0 Å².